The Morgan fingerprint density at radius 1 is 1.13 bits per heavy atom. The molecule has 0 radical (unpaired) electrons. The minimum Gasteiger partial charge on any atom is -0.396 e. The van der Waals surface area contributed by atoms with E-state index in [0.29, 0.717) is 0 Å². The summed E-state index contributed by atoms with van der Waals surface area (Å²) < 4.78 is 5.41. The molecular formula is C19H24N2O2. The zero-order valence-corrected chi connectivity index (χ0v) is 13.4. The van der Waals surface area contributed by atoms with E-state index < -0.39 is 0 Å². The third kappa shape index (κ3) is 4.16. The normalized spacial score (nSPS) is 17.1. The van der Waals surface area contributed by atoms with Gasteiger partial charge in [-0.05, 0) is 36.6 Å². The molecule has 0 spiro atoms. The van der Waals surface area contributed by atoms with E-state index in [9.17, 15) is 5.11 Å². The van der Waals surface area contributed by atoms with Gasteiger partial charge in [0.25, 0.3) is 0 Å². The summed E-state index contributed by atoms with van der Waals surface area (Å²) in [6.07, 6.45) is 3.66. The number of benzene rings is 1. The molecule has 0 unspecified atom stereocenters. The van der Waals surface area contributed by atoms with Gasteiger partial charge >= 0.3 is 0 Å². The minimum atomic E-state index is -0.0309. The van der Waals surface area contributed by atoms with Crippen molar-refractivity contribution in [3.63, 3.8) is 0 Å². The fraction of sp³-hybridized carbons (Fsp3) is 0.421. The average Bonchev–Trinajstić information content (AvgIpc) is 2.63. The van der Waals surface area contributed by atoms with Gasteiger partial charge < -0.3 is 15.2 Å². The van der Waals surface area contributed by atoms with E-state index in [4.69, 9.17) is 4.74 Å². The summed E-state index contributed by atoms with van der Waals surface area (Å²) in [6.45, 7) is 3.33. The second-order valence-corrected chi connectivity index (χ2v) is 6.29. The van der Waals surface area contributed by atoms with Gasteiger partial charge in [-0.1, -0.05) is 24.3 Å². The molecule has 3 rings (SSSR count). The van der Waals surface area contributed by atoms with Crippen LogP contribution in [0.4, 0.5) is 0 Å². The zero-order chi connectivity index (χ0) is 16.0. The van der Waals surface area contributed by atoms with Crippen LogP contribution in [0.3, 0.4) is 0 Å². The molecule has 4 heteroatoms. The summed E-state index contributed by atoms with van der Waals surface area (Å²) in [5.41, 5.74) is 3.32. The SMILES string of the molecule is OCC1(CNCc2cccc(-c3ccccn3)c2)CCOCC1. The highest BCUT2D eigenvalue weighted by Crippen LogP contribution is 2.29. The van der Waals surface area contributed by atoms with Crippen LogP contribution < -0.4 is 5.32 Å². The van der Waals surface area contributed by atoms with Crippen molar-refractivity contribution in [2.45, 2.75) is 19.4 Å². The molecule has 122 valence electrons. The Morgan fingerprint density at radius 2 is 2.00 bits per heavy atom. The molecule has 1 fully saturated rings. The maximum absolute atomic E-state index is 9.73. The van der Waals surface area contributed by atoms with Crippen LogP contribution in [-0.2, 0) is 11.3 Å². The second kappa shape index (κ2) is 7.68. The molecule has 1 aliphatic rings. The first kappa shape index (κ1) is 16.1. The fourth-order valence-electron chi connectivity index (χ4n) is 3.04. The lowest BCUT2D eigenvalue weighted by molar-refractivity contribution is -0.0154. The van der Waals surface area contributed by atoms with Crippen LogP contribution in [0.25, 0.3) is 11.3 Å². The standard InChI is InChI=1S/C19H24N2O2/c22-15-19(7-10-23-11-8-19)14-20-13-16-4-3-5-17(12-16)18-6-1-2-9-21-18/h1-6,9,12,20,22H,7-8,10-11,13-15H2. The van der Waals surface area contributed by atoms with Gasteiger partial charge in [-0.25, -0.2) is 0 Å². The van der Waals surface area contributed by atoms with Crippen LogP contribution in [0.2, 0.25) is 0 Å². The van der Waals surface area contributed by atoms with Gasteiger partial charge in [-0.3, -0.25) is 4.98 Å². The topological polar surface area (TPSA) is 54.4 Å². The van der Waals surface area contributed by atoms with E-state index in [1.165, 1.54) is 5.56 Å². The van der Waals surface area contributed by atoms with Crippen molar-refractivity contribution in [2.75, 3.05) is 26.4 Å². The Kier molecular flexibility index (Phi) is 5.39. The van der Waals surface area contributed by atoms with Crippen molar-refractivity contribution >= 4 is 0 Å². The molecule has 0 saturated carbocycles. The van der Waals surface area contributed by atoms with Gasteiger partial charge in [0.05, 0.1) is 12.3 Å². The van der Waals surface area contributed by atoms with Crippen LogP contribution in [0.1, 0.15) is 18.4 Å². The van der Waals surface area contributed by atoms with E-state index in [2.05, 4.69) is 34.6 Å². The van der Waals surface area contributed by atoms with Gasteiger partial charge in [0, 0.05) is 43.5 Å². The van der Waals surface area contributed by atoms with E-state index in [0.717, 1.165) is 50.4 Å². The van der Waals surface area contributed by atoms with Crippen LogP contribution in [0.5, 0.6) is 0 Å². The lowest BCUT2D eigenvalue weighted by Gasteiger charge is -2.35. The fourth-order valence-corrected chi connectivity index (χ4v) is 3.04. The monoisotopic (exact) mass is 312 g/mol. The van der Waals surface area contributed by atoms with Crippen LogP contribution >= 0.6 is 0 Å². The smallest absolute Gasteiger partial charge is 0.0702 e. The predicted molar refractivity (Wildman–Crippen MR) is 91.0 cm³/mol. The Morgan fingerprint density at radius 3 is 2.74 bits per heavy atom. The summed E-state index contributed by atoms with van der Waals surface area (Å²) in [5, 5.41) is 13.2. The number of rotatable bonds is 6. The number of aliphatic hydroxyl groups excluding tert-OH is 1. The van der Waals surface area contributed by atoms with Crippen LogP contribution in [-0.4, -0.2) is 36.5 Å². The Bertz CT molecular complexity index is 610. The molecule has 2 N–H and O–H groups in total. The first-order chi connectivity index (χ1) is 11.3. The lowest BCUT2D eigenvalue weighted by atomic mass is 9.81. The Labute approximate surface area is 137 Å². The highest BCUT2D eigenvalue weighted by molar-refractivity contribution is 5.59. The Hall–Kier alpha value is -1.75. The molecule has 2 aromatic rings. The number of pyridine rings is 1. The maximum Gasteiger partial charge on any atom is 0.0702 e. The Balaban J connectivity index is 1.60. The number of ether oxygens (including phenoxy) is 1. The quantitative estimate of drug-likeness (QED) is 0.861. The summed E-state index contributed by atoms with van der Waals surface area (Å²) in [7, 11) is 0. The molecule has 1 saturated heterocycles. The van der Waals surface area contributed by atoms with Gasteiger partial charge in [0.15, 0.2) is 0 Å². The molecule has 0 bridgehead atoms. The van der Waals surface area contributed by atoms with Gasteiger partial charge in [0.1, 0.15) is 0 Å². The summed E-state index contributed by atoms with van der Waals surface area (Å²) >= 11 is 0. The molecule has 23 heavy (non-hydrogen) atoms. The first-order valence-electron chi connectivity index (χ1n) is 8.21. The predicted octanol–water partition coefficient (Wildman–Crippen LogP) is 2.63. The number of nitrogens with zero attached hydrogens (tertiary/aromatic N) is 1. The molecule has 0 aliphatic carbocycles. The van der Waals surface area contributed by atoms with Crippen molar-refractivity contribution in [3.05, 3.63) is 54.2 Å². The van der Waals surface area contributed by atoms with E-state index >= 15 is 0 Å². The van der Waals surface area contributed by atoms with Crippen molar-refractivity contribution in [2.24, 2.45) is 5.41 Å². The number of hydrogen-bond acceptors (Lipinski definition) is 4. The number of aromatic nitrogens is 1. The molecule has 4 nitrogen and oxygen atoms in total. The second-order valence-electron chi connectivity index (χ2n) is 6.29. The summed E-state index contributed by atoms with van der Waals surface area (Å²) in [4.78, 5) is 4.40. The van der Waals surface area contributed by atoms with Gasteiger partial charge in [-0.15, -0.1) is 0 Å². The highest BCUT2D eigenvalue weighted by Gasteiger charge is 2.31. The molecule has 1 aromatic carbocycles. The minimum absolute atomic E-state index is 0.0309. The highest BCUT2D eigenvalue weighted by atomic mass is 16.5. The maximum atomic E-state index is 9.73. The molecule has 1 aromatic heterocycles. The first-order valence-corrected chi connectivity index (χ1v) is 8.21. The molecule has 0 atom stereocenters. The lowest BCUT2D eigenvalue weighted by Crippen LogP contribution is -2.41. The molecular weight excluding hydrogens is 288 g/mol. The van der Waals surface area contributed by atoms with Gasteiger partial charge in [0.2, 0.25) is 0 Å². The number of aliphatic hydroxyl groups is 1. The van der Waals surface area contributed by atoms with Crippen LogP contribution in [0, 0.1) is 5.41 Å². The zero-order valence-electron chi connectivity index (χ0n) is 13.4. The van der Waals surface area contributed by atoms with E-state index in [-0.39, 0.29) is 12.0 Å². The summed E-state index contributed by atoms with van der Waals surface area (Å²) in [5.74, 6) is 0. The largest absolute Gasteiger partial charge is 0.396 e. The van der Waals surface area contributed by atoms with Gasteiger partial charge in [-0.2, -0.15) is 0 Å². The van der Waals surface area contributed by atoms with E-state index in [1.54, 1.807) is 0 Å². The van der Waals surface area contributed by atoms with Crippen molar-refractivity contribution < 1.29 is 9.84 Å². The van der Waals surface area contributed by atoms with Crippen molar-refractivity contribution in [1.29, 1.82) is 0 Å². The van der Waals surface area contributed by atoms with Crippen molar-refractivity contribution in [1.82, 2.24) is 10.3 Å². The molecule has 2 heterocycles. The summed E-state index contributed by atoms with van der Waals surface area (Å²) in [6, 6.07) is 14.4. The number of hydrogen-bond donors (Lipinski definition) is 2. The number of nitrogens with one attached hydrogen (secondary N) is 1. The third-order valence-electron chi connectivity index (χ3n) is 4.61. The third-order valence-corrected chi connectivity index (χ3v) is 4.61. The average molecular weight is 312 g/mol. The van der Waals surface area contributed by atoms with Crippen LogP contribution in [0.15, 0.2) is 48.7 Å². The van der Waals surface area contributed by atoms with Crippen molar-refractivity contribution in [3.8, 4) is 11.3 Å². The molecule has 1 aliphatic heterocycles. The van der Waals surface area contributed by atoms with E-state index in [1.807, 2.05) is 24.4 Å². The molecule has 0 amide bonds.